The Kier molecular flexibility index (Phi) is 2.45. The summed E-state index contributed by atoms with van der Waals surface area (Å²) in [4.78, 5) is 8.42. The lowest BCUT2D eigenvalue weighted by Gasteiger charge is -2.00. The topological polar surface area (TPSA) is 64.9 Å². The van der Waals surface area contributed by atoms with Gasteiger partial charge >= 0.3 is 0 Å². The van der Waals surface area contributed by atoms with Gasteiger partial charge in [-0.1, -0.05) is 17.7 Å². The Bertz CT molecular complexity index is 736. The number of anilines is 1. The van der Waals surface area contributed by atoms with Crippen LogP contribution in [0.5, 0.6) is 0 Å². The van der Waals surface area contributed by atoms with Crippen LogP contribution in [-0.2, 0) is 0 Å². The molecule has 90 valence electrons. The van der Waals surface area contributed by atoms with Crippen molar-refractivity contribution >= 4 is 28.5 Å². The molecule has 3 aromatic rings. The van der Waals surface area contributed by atoms with E-state index in [9.17, 15) is 0 Å². The third-order valence-corrected chi connectivity index (χ3v) is 2.95. The number of rotatable bonds is 1. The zero-order valence-electron chi connectivity index (χ0n) is 9.64. The van der Waals surface area contributed by atoms with E-state index < -0.39 is 0 Å². The number of hydrogen-bond donors (Lipinski definition) is 1. The lowest BCUT2D eigenvalue weighted by molar-refractivity contribution is 0.608. The number of fused-ring (bicyclic) bond motifs is 1. The molecule has 0 aliphatic heterocycles. The summed E-state index contributed by atoms with van der Waals surface area (Å²) in [6.45, 7) is 1.95. The van der Waals surface area contributed by atoms with Gasteiger partial charge in [0.2, 0.25) is 11.6 Å². The predicted octanol–water partition coefficient (Wildman–Crippen LogP) is 3.43. The van der Waals surface area contributed by atoms with E-state index in [1.54, 1.807) is 6.07 Å². The Morgan fingerprint density at radius 2 is 2.11 bits per heavy atom. The number of aromatic nitrogens is 2. The smallest absolute Gasteiger partial charge is 0.247 e. The van der Waals surface area contributed by atoms with Crippen LogP contribution in [0.25, 0.3) is 22.7 Å². The summed E-state index contributed by atoms with van der Waals surface area (Å²) in [5.41, 5.74) is 9.53. The van der Waals surface area contributed by atoms with Crippen LogP contribution in [-0.4, -0.2) is 9.97 Å². The minimum Gasteiger partial charge on any atom is -0.418 e. The highest BCUT2D eigenvalue weighted by Gasteiger charge is 2.10. The van der Waals surface area contributed by atoms with Crippen LogP contribution in [0, 0.1) is 6.92 Å². The number of hydrogen-bond acceptors (Lipinski definition) is 4. The minimum absolute atomic E-state index is 0.466. The van der Waals surface area contributed by atoms with Crippen LogP contribution in [0.15, 0.2) is 34.9 Å². The first-order valence-corrected chi connectivity index (χ1v) is 5.80. The van der Waals surface area contributed by atoms with Crippen LogP contribution in [0.2, 0.25) is 5.02 Å². The highest BCUT2D eigenvalue weighted by molar-refractivity contribution is 6.30. The second-order valence-electron chi connectivity index (χ2n) is 4.07. The second kappa shape index (κ2) is 3.99. The van der Waals surface area contributed by atoms with E-state index in [1.165, 1.54) is 6.20 Å². The molecule has 0 bridgehead atoms. The van der Waals surface area contributed by atoms with Crippen LogP contribution >= 0.6 is 11.6 Å². The van der Waals surface area contributed by atoms with Gasteiger partial charge in [-0.15, -0.1) is 0 Å². The zero-order valence-corrected chi connectivity index (χ0v) is 10.4. The number of pyridine rings is 1. The molecule has 18 heavy (non-hydrogen) atoms. The molecular formula is C13H10ClN3O. The fourth-order valence-electron chi connectivity index (χ4n) is 1.70. The molecule has 0 saturated carbocycles. The van der Waals surface area contributed by atoms with Crippen molar-refractivity contribution in [1.29, 1.82) is 0 Å². The Morgan fingerprint density at radius 3 is 2.89 bits per heavy atom. The molecule has 0 unspecified atom stereocenters. The number of oxazole rings is 1. The van der Waals surface area contributed by atoms with Gasteiger partial charge in [-0.05, 0) is 30.7 Å². The lowest BCUT2D eigenvalue weighted by Crippen LogP contribution is -1.89. The van der Waals surface area contributed by atoms with Crippen LogP contribution in [0.1, 0.15) is 5.56 Å². The molecule has 4 nitrogen and oxygen atoms in total. The standard InChI is InChI=1S/C13H10ClN3O/c1-7-2-3-8(4-10(7)15)12-17-11-5-9(14)6-16-13(11)18-12/h2-6H,15H2,1H3. The third-order valence-electron chi connectivity index (χ3n) is 2.74. The molecule has 0 spiro atoms. The first kappa shape index (κ1) is 11.0. The summed E-state index contributed by atoms with van der Waals surface area (Å²) in [7, 11) is 0. The third kappa shape index (κ3) is 1.80. The predicted molar refractivity (Wildman–Crippen MR) is 71.4 cm³/mol. The van der Waals surface area contributed by atoms with Gasteiger partial charge in [0.1, 0.15) is 5.52 Å². The Labute approximate surface area is 108 Å². The Morgan fingerprint density at radius 1 is 1.28 bits per heavy atom. The fraction of sp³-hybridized carbons (Fsp3) is 0.0769. The van der Waals surface area contributed by atoms with Gasteiger partial charge < -0.3 is 10.2 Å². The Hall–Kier alpha value is -2.07. The van der Waals surface area contributed by atoms with Crippen molar-refractivity contribution in [1.82, 2.24) is 9.97 Å². The van der Waals surface area contributed by atoms with Crippen molar-refractivity contribution in [2.75, 3.05) is 5.73 Å². The van der Waals surface area contributed by atoms with Crippen LogP contribution in [0.3, 0.4) is 0 Å². The van der Waals surface area contributed by atoms with Gasteiger partial charge in [-0.2, -0.15) is 0 Å². The summed E-state index contributed by atoms with van der Waals surface area (Å²) < 4.78 is 5.57. The number of benzene rings is 1. The van der Waals surface area contributed by atoms with Crippen molar-refractivity contribution in [2.45, 2.75) is 6.92 Å². The molecule has 5 heteroatoms. The summed E-state index contributed by atoms with van der Waals surface area (Å²) in [6.07, 6.45) is 1.53. The molecule has 2 heterocycles. The van der Waals surface area contributed by atoms with Gasteiger partial charge in [0.05, 0.1) is 5.02 Å². The normalized spacial score (nSPS) is 11.0. The minimum atomic E-state index is 0.466. The summed E-state index contributed by atoms with van der Waals surface area (Å²) >= 11 is 5.86. The molecular weight excluding hydrogens is 250 g/mol. The molecule has 1 aromatic carbocycles. The number of aryl methyl sites for hydroxylation is 1. The van der Waals surface area contributed by atoms with Gasteiger partial charge in [0.25, 0.3) is 0 Å². The van der Waals surface area contributed by atoms with E-state index >= 15 is 0 Å². The van der Waals surface area contributed by atoms with Gasteiger partial charge in [-0.25, -0.2) is 9.97 Å². The SMILES string of the molecule is Cc1ccc(-c2nc3cc(Cl)cnc3o2)cc1N. The first-order chi connectivity index (χ1) is 8.63. The van der Waals surface area contributed by atoms with Crippen molar-refractivity contribution in [2.24, 2.45) is 0 Å². The highest BCUT2D eigenvalue weighted by Crippen LogP contribution is 2.26. The molecule has 0 aliphatic carbocycles. The van der Waals surface area contributed by atoms with E-state index in [2.05, 4.69) is 9.97 Å². The maximum atomic E-state index is 5.87. The molecule has 0 amide bonds. The fourth-order valence-corrected chi connectivity index (χ4v) is 1.85. The summed E-state index contributed by atoms with van der Waals surface area (Å²) in [5, 5.41) is 0.533. The van der Waals surface area contributed by atoms with E-state index in [4.69, 9.17) is 21.8 Å². The molecule has 0 radical (unpaired) electrons. The quantitative estimate of drug-likeness (QED) is 0.680. The first-order valence-electron chi connectivity index (χ1n) is 5.42. The summed E-state index contributed by atoms with van der Waals surface area (Å²) in [5.74, 6) is 0.492. The maximum Gasteiger partial charge on any atom is 0.247 e. The molecule has 3 rings (SSSR count). The van der Waals surface area contributed by atoms with Gasteiger partial charge in [0.15, 0.2) is 0 Å². The summed E-state index contributed by atoms with van der Waals surface area (Å²) in [6, 6.07) is 7.40. The average molecular weight is 260 g/mol. The van der Waals surface area contributed by atoms with Crippen molar-refractivity contribution in [3.05, 3.63) is 41.0 Å². The second-order valence-corrected chi connectivity index (χ2v) is 4.50. The van der Waals surface area contributed by atoms with E-state index in [-0.39, 0.29) is 0 Å². The zero-order chi connectivity index (χ0) is 12.7. The van der Waals surface area contributed by atoms with Crippen LogP contribution in [0.4, 0.5) is 5.69 Å². The molecule has 0 saturated heterocycles. The van der Waals surface area contributed by atoms with E-state index in [0.29, 0.717) is 27.8 Å². The number of halogens is 1. The van der Waals surface area contributed by atoms with Crippen molar-refractivity contribution in [3.63, 3.8) is 0 Å². The molecule has 0 aliphatic rings. The van der Waals surface area contributed by atoms with E-state index in [1.807, 2.05) is 25.1 Å². The molecule has 2 aromatic heterocycles. The largest absolute Gasteiger partial charge is 0.418 e. The molecule has 0 fully saturated rings. The highest BCUT2D eigenvalue weighted by atomic mass is 35.5. The monoisotopic (exact) mass is 259 g/mol. The Balaban J connectivity index is 2.16. The van der Waals surface area contributed by atoms with Crippen molar-refractivity contribution in [3.8, 4) is 11.5 Å². The number of nitrogens with two attached hydrogens (primary N) is 1. The maximum absolute atomic E-state index is 5.87. The average Bonchev–Trinajstić information content (AvgIpc) is 2.75. The molecule has 2 N–H and O–H groups in total. The van der Waals surface area contributed by atoms with E-state index in [0.717, 1.165) is 11.1 Å². The molecule has 0 atom stereocenters. The number of nitrogens with zero attached hydrogens (tertiary/aromatic N) is 2. The van der Waals surface area contributed by atoms with Crippen LogP contribution < -0.4 is 5.73 Å². The lowest BCUT2D eigenvalue weighted by atomic mass is 10.1. The number of nitrogen functional groups attached to an aromatic ring is 1. The van der Waals surface area contributed by atoms with Crippen molar-refractivity contribution < 1.29 is 4.42 Å². The van der Waals surface area contributed by atoms with Gasteiger partial charge in [-0.3, -0.25) is 0 Å². The van der Waals surface area contributed by atoms with Gasteiger partial charge in [0, 0.05) is 17.4 Å².